The van der Waals surface area contributed by atoms with Gasteiger partial charge in [-0.15, -0.1) is 0 Å². The molecule has 0 saturated carbocycles. The second-order valence-corrected chi connectivity index (χ2v) is 2.93. The minimum absolute atomic E-state index is 0.738. The zero-order chi connectivity index (χ0) is 11.6. The molecule has 0 N–H and O–H groups in total. The molecule has 0 aromatic rings. The summed E-state index contributed by atoms with van der Waals surface area (Å²) in [7, 11) is 0. The third-order valence-corrected chi connectivity index (χ3v) is 1.66. The Bertz CT molecular complexity index is 186. The van der Waals surface area contributed by atoms with Crippen LogP contribution in [0.2, 0.25) is 0 Å². The molecule has 0 aliphatic rings. The van der Waals surface area contributed by atoms with Crippen LogP contribution in [0.15, 0.2) is 0 Å². The van der Waals surface area contributed by atoms with E-state index in [4.69, 9.17) is 0 Å². The van der Waals surface area contributed by atoms with Crippen molar-refractivity contribution in [3.63, 3.8) is 0 Å². The van der Waals surface area contributed by atoms with Crippen LogP contribution < -0.4 is 0 Å². The van der Waals surface area contributed by atoms with Crippen LogP contribution in [0, 0.1) is 0 Å². The highest BCUT2D eigenvalue weighted by molar-refractivity contribution is 4.88. The summed E-state index contributed by atoms with van der Waals surface area (Å²) < 4.78 is 85.5. The molecule has 0 unspecified atom stereocenters. The first kappa shape index (κ1) is 13.5. The van der Waals surface area contributed by atoms with E-state index in [1.807, 2.05) is 0 Å². The molecule has 0 fully saturated rings. The van der Waals surface area contributed by atoms with Gasteiger partial charge >= 0.3 is 11.8 Å². The molecule has 7 heteroatoms. The smallest absolute Gasteiger partial charge is 0.244 e. The third-order valence-electron chi connectivity index (χ3n) is 1.66. The van der Waals surface area contributed by atoms with Gasteiger partial charge in [0.2, 0.25) is 0 Å². The minimum atomic E-state index is -4.89. The van der Waals surface area contributed by atoms with Crippen LogP contribution in [0.1, 0.15) is 19.8 Å². The summed E-state index contributed by atoms with van der Waals surface area (Å²) >= 11 is 0. The maximum absolute atomic E-state index is 12.5. The second-order valence-electron chi connectivity index (χ2n) is 2.93. The number of rotatable bonds is 5. The van der Waals surface area contributed by atoms with Crippen molar-refractivity contribution in [1.29, 1.82) is 0 Å². The Morgan fingerprint density at radius 1 is 0.857 bits per heavy atom. The molecule has 0 heterocycles. The molecule has 0 aromatic carbocycles. The van der Waals surface area contributed by atoms with Crippen molar-refractivity contribution in [1.82, 2.24) is 0 Å². The molecule has 14 heavy (non-hydrogen) atoms. The van der Waals surface area contributed by atoms with E-state index in [9.17, 15) is 30.7 Å². The average Bonchev–Trinajstić information content (AvgIpc) is 2.02. The Kier molecular flexibility index (Phi) is 3.80. The van der Waals surface area contributed by atoms with Crippen LogP contribution in [0.25, 0.3) is 0 Å². The second kappa shape index (κ2) is 3.94. The van der Waals surface area contributed by atoms with Crippen molar-refractivity contribution in [2.24, 2.45) is 0 Å². The summed E-state index contributed by atoms with van der Waals surface area (Å²) in [6.45, 7) is -1.64. The highest BCUT2D eigenvalue weighted by Gasteiger charge is 2.59. The Morgan fingerprint density at radius 3 is 1.57 bits per heavy atom. The highest BCUT2D eigenvalue weighted by atomic mass is 19.3. The van der Waals surface area contributed by atoms with E-state index in [1.54, 1.807) is 0 Å². The zero-order valence-electron chi connectivity index (χ0n) is 7.27. The third kappa shape index (κ3) is 3.02. The fourth-order valence-electron chi connectivity index (χ4n) is 0.760. The first-order valence-electron chi connectivity index (χ1n) is 3.77. The van der Waals surface area contributed by atoms with Gasteiger partial charge in [0.15, 0.2) is 6.67 Å². The topological polar surface area (TPSA) is 0 Å². The first-order chi connectivity index (χ1) is 6.08. The van der Waals surface area contributed by atoms with Crippen LogP contribution in [0.5, 0.6) is 0 Å². The lowest BCUT2D eigenvalue weighted by molar-refractivity contribution is -0.241. The summed E-state index contributed by atoms with van der Waals surface area (Å²) in [5.41, 5.74) is 0. The van der Waals surface area contributed by atoms with E-state index in [0.717, 1.165) is 6.92 Å². The van der Waals surface area contributed by atoms with Crippen LogP contribution >= 0.6 is 0 Å². The van der Waals surface area contributed by atoms with Crippen molar-refractivity contribution >= 4 is 0 Å². The molecule has 86 valence electrons. The molecule has 0 saturated heterocycles. The lowest BCUT2D eigenvalue weighted by Crippen LogP contribution is -2.44. The van der Waals surface area contributed by atoms with Gasteiger partial charge in [0.25, 0.3) is 5.92 Å². The zero-order valence-corrected chi connectivity index (χ0v) is 7.27. The van der Waals surface area contributed by atoms with Gasteiger partial charge in [-0.3, -0.25) is 0 Å². The van der Waals surface area contributed by atoms with Gasteiger partial charge in [-0.05, 0) is 0 Å². The Balaban J connectivity index is 4.64. The standard InChI is InChI=1S/C7H9F7/c1-2-6(11,12)7(13,14)3-5(9,10)4-8/h2-4H2,1H3. The number of hydrogen-bond acceptors (Lipinski definition) is 0. The van der Waals surface area contributed by atoms with Gasteiger partial charge in [-0.2, -0.15) is 17.6 Å². The van der Waals surface area contributed by atoms with Gasteiger partial charge in [-0.1, -0.05) is 6.92 Å². The van der Waals surface area contributed by atoms with Gasteiger partial charge in [0.05, 0.1) is 6.42 Å². The number of halogens is 7. The van der Waals surface area contributed by atoms with Gasteiger partial charge in [-0.25, -0.2) is 13.2 Å². The lowest BCUT2D eigenvalue weighted by Gasteiger charge is -2.27. The molecule has 0 amide bonds. The Labute approximate surface area is 76.1 Å². The van der Waals surface area contributed by atoms with E-state index < -0.39 is 37.3 Å². The van der Waals surface area contributed by atoms with Crippen LogP contribution in [0.4, 0.5) is 30.7 Å². The van der Waals surface area contributed by atoms with E-state index in [1.165, 1.54) is 0 Å². The summed E-state index contributed by atoms with van der Waals surface area (Å²) in [4.78, 5) is 0. The SMILES string of the molecule is CCC(F)(F)C(F)(F)CC(F)(F)CF. The van der Waals surface area contributed by atoms with E-state index >= 15 is 0 Å². The van der Waals surface area contributed by atoms with Crippen LogP contribution in [-0.2, 0) is 0 Å². The lowest BCUT2D eigenvalue weighted by atomic mass is 10.0. The van der Waals surface area contributed by atoms with Gasteiger partial charge < -0.3 is 0 Å². The molecule has 0 atom stereocenters. The normalized spacial score (nSPS) is 14.6. The molecule has 0 aliphatic carbocycles. The molecular formula is C7H9F7. The van der Waals surface area contributed by atoms with Crippen molar-refractivity contribution in [3.8, 4) is 0 Å². The van der Waals surface area contributed by atoms with Crippen molar-refractivity contribution in [2.75, 3.05) is 6.67 Å². The fraction of sp³-hybridized carbons (Fsp3) is 1.00. The summed E-state index contributed by atoms with van der Waals surface area (Å²) in [6, 6.07) is 0. The fourth-order valence-corrected chi connectivity index (χ4v) is 0.760. The molecule has 0 spiro atoms. The van der Waals surface area contributed by atoms with Gasteiger partial charge in [0, 0.05) is 6.42 Å². The predicted octanol–water partition coefficient (Wildman–Crippen LogP) is 3.66. The predicted molar refractivity (Wildman–Crippen MR) is 35.7 cm³/mol. The van der Waals surface area contributed by atoms with E-state index in [2.05, 4.69) is 0 Å². The maximum Gasteiger partial charge on any atom is 0.316 e. The monoisotopic (exact) mass is 226 g/mol. The maximum atomic E-state index is 12.5. The Morgan fingerprint density at radius 2 is 1.29 bits per heavy atom. The van der Waals surface area contributed by atoms with Crippen LogP contribution in [-0.4, -0.2) is 24.4 Å². The molecule has 0 rings (SSSR count). The summed E-state index contributed by atoms with van der Waals surface area (Å²) in [5.74, 6) is -13.8. The molecule has 0 aromatic heterocycles. The van der Waals surface area contributed by atoms with E-state index in [-0.39, 0.29) is 0 Å². The molecule has 0 bridgehead atoms. The molecule has 0 aliphatic heterocycles. The molecular weight excluding hydrogens is 217 g/mol. The van der Waals surface area contributed by atoms with Crippen molar-refractivity contribution in [2.45, 2.75) is 37.5 Å². The van der Waals surface area contributed by atoms with Gasteiger partial charge in [0.1, 0.15) is 0 Å². The quantitative estimate of drug-likeness (QED) is 0.627. The minimum Gasteiger partial charge on any atom is -0.244 e. The van der Waals surface area contributed by atoms with Crippen molar-refractivity contribution < 1.29 is 30.7 Å². The summed E-state index contributed by atoms with van der Waals surface area (Å²) in [5, 5.41) is 0. The number of hydrogen-bond donors (Lipinski definition) is 0. The Hall–Kier alpha value is -0.490. The average molecular weight is 226 g/mol. The van der Waals surface area contributed by atoms with E-state index in [0.29, 0.717) is 0 Å². The molecule has 0 radical (unpaired) electrons. The summed E-state index contributed by atoms with van der Waals surface area (Å²) in [6.07, 6.45) is -3.75. The number of alkyl halides is 7. The first-order valence-corrected chi connectivity index (χ1v) is 3.77. The largest absolute Gasteiger partial charge is 0.316 e. The highest BCUT2D eigenvalue weighted by Crippen LogP contribution is 2.43. The van der Waals surface area contributed by atoms with Crippen LogP contribution in [0.3, 0.4) is 0 Å². The molecule has 0 nitrogen and oxygen atoms in total. The van der Waals surface area contributed by atoms with Crippen molar-refractivity contribution in [3.05, 3.63) is 0 Å².